The summed E-state index contributed by atoms with van der Waals surface area (Å²) in [7, 11) is 0. The van der Waals surface area contributed by atoms with E-state index >= 15 is 0 Å². The molecule has 0 amide bonds. The third-order valence-electron chi connectivity index (χ3n) is 2.99. The van der Waals surface area contributed by atoms with Crippen molar-refractivity contribution in [2.24, 2.45) is 11.8 Å². The molecule has 0 aliphatic heterocycles. The Bertz CT molecular complexity index is 159. The maximum Gasteiger partial charge on any atom is 0.303 e. The van der Waals surface area contributed by atoms with E-state index in [1.165, 1.54) is 25.7 Å². The van der Waals surface area contributed by atoms with Gasteiger partial charge >= 0.3 is 5.97 Å². The van der Waals surface area contributed by atoms with Crippen molar-refractivity contribution in [2.75, 3.05) is 0 Å². The first-order valence-electron chi connectivity index (χ1n) is 4.94. The average molecular weight is 314 g/mol. The summed E-state index contributed by atoms with van der Waals surface area (Å²) in [6, 6.07) is 0. The molecule has 74 valence electrons. The molecule has 0 spiro atoms. The molecule has 1 N–H and O–H groups in total. The molecule has 1 aliphatic carbocycles. The molecule has 0 aromatic heterocycles. The van der Waals surface area contributed by atoms with Crippen LogP contribution in [-0.4, -0.2) is 11.1 Å². The van der Waals surface area contributed by atoms with Crippen molar-refractivity contribution < 1.29 is 50.7 Å². The SMILES string of the molecule is CCC1CCC(CCC(=O)O)C1.[Nd]. The molecule has 1 rings (SSSR count). The number of hydrogen-bond donors (Lipinski definition) is 1. The van der Waals surface area contributed by atoms with E-state index in [-0.39, 0.29) is 40.8 Å². The first-order chi connectivity index (χ1) is 5.72. The van der Waals surface area contributed by atoms with Gasteiger partial charge in [-0.3, -0.25) is 4.79 Å². The van der Waals surface area contributed by atoms with Crippen molar-refractivity contribution in [3.63, 3.8) is 0 Å². The van der Waals surface area contributed by atoms with Crippen LogP contribution in [0.25, 0.3) is 0 Å². The molecule has 3 heteroatoms. The van der Waals surface area contributed by atoms with Crippen molar-refractivity contribution in [1.82, 2.24) is 0 Å². The zero-order valence-electron chi connectivity index (χ0n) is 8.25. The van der Waals surface area contributed by atoms with Crippen molar-refractivity contribution in [3.8, 4) is 0 Å². The maximum atomic E-state index is 10.3. The molecular formula is C10H18NdO2. The summed E-state index contributed by atoms with van der Waals surface area (Å²) in [6.45, 7) is 2.23. The fraction of sp³-hybridized carbons (Fsp3) is 0.900. The number of carbonyl (C=O) groups is 1. The normalized spacial score (nSPS) is 26.8. The van der Waals surface area contributed by atoms with Gasteiger partial charge in [0.25, 0.3) is 0 Å². The van der Waals surface area contributed by atoms with Crippen LogP contribution in [-0.2, 0) is 4.79 Å². The molecule has 1 fully saturated rings. The minimum Gasteiger partial charge on any atom is -0.481 e. The monoisotopic (exact) mass is 312 g/mol. The summed E-state index contributed by atoms with van der Waals surface area (Å²) in [6.07, 6.45) is 6.37. The number of hydrogen-bond acceptors (Lipinski definition) is 1. The van der Waals surface area contributed by atoms with Gasteiger partial charge < -0.3 is 5.11 Å². The summed E-state index contributed by atoms with van der Waals surface area (Å²) in [5.41, 5.74) is 0. The van der Waals surface area contributed by atoms with E-state index in [0.29, 0.717) is 12.3 Å². The fourth-order valence-electron chi connectivity index (χ4n) is 2.14. The minimum absolute atomic E-state index is 0. The van der Waals surface area contributed by atoms with Gasteiger partial charge in [0.2, 0.25) is 0 Å². The Morgan fingerprint density at radius 1 is 1.38 bits per heavy atom. The molecule has 0 radical (unpaired) electrons. The van der Waals surface area contributed by atoms with E-state index in [1.807, 2.05) is 0 Å². The Kier molecular flexibility index (Phi) is 7.61. The van der Waals surface area contributed by atoms with Crippen molar-refractivity contribution in [2.45, 2.75) is 45.4 Å². The third kappa shape index (κ3) is 5.31. The van der Waals surface area contributed by atoms with Crippen LogP contribution >= 0.6 is 0 Å². The Morgan fingerprint density at radius 2 is 2.00 bits per heavy atom. The molecule has 2 atom stereocenters. The topological polar surface area (TPSA) is 37.3 Å². The minimum atomic E-state index is -0.644. The first kappa shape index (κ1) is 13.8. The van der Waals surface area contributed by atoms with Gasteiger partial charge in [-0.1, -0.05) is 26.2 Å². The maximum absolute atomic E-state index is 10.3. The molecular weight excluding hydrogens is 296 g/mol. The molecule has 2 nitrogen and oxygen atoms in total. The van der Waals surface area contributed by atoms with E-state index in [9.17, 15) is 4.79 Å². The van der Waals surface area contributed by atoms with Crippen LogP contribution in [0.3, 0.4) is 0 Å². The number of carboxylic acids is 1. The van der Waals surface area contributed by atoms with Crippen molar-refractivity contribution in [3.05, 3.63) is 0 Å². The molecule has 13 heavy (non-hydrogen) atoms. The molecule has 0 saturated heterocycles. The second kappa shape index (κ2) is 7.16. The van der Waals surface area contributed by atoms with E-state index in [0.717, 1.165) is 12.3 Å². The van der Waals surface area contributed by atoms with Gasteiger partial charge in [-0.25, -0.2) is 0 Å². The molecule has 0 bridgehead atoms. The van der Waals surface area contributed by atoms with Gasteiger partial charge in [-0.2, -0.15) is 0 Å². The molecule has 0 aromatic carbocycles. The van der Waals surface area contributed by atoms with Gasteiger partial charge in [0.05, 0.1) is 0 Å². The Labute approximate surface area is 113 Å². The second-order valence-corrected chi connectivity index (χ2v) is 3.89. The van der Waals surface area contributed by atoms with E-state index in [1.54, 1.807) is 0 Å². The smallest absolute Gasteiger partial charge is 0.303 e. The van der Waals surface area contributed by atoms with E-state index in [2.05, 4.69) is 6.92 Å². The summed E-state index contributed by atoms with van der Waals surface area (Å²) >= 11 is 0. The Hall–Kier alpha value is 0.821. The van der Waals surface area contributed by atoms with Crippen LogP contribution in [0.2, 0.25) is 0 Å². The van der Waals surface area contributed by atoms with Crippen LogP contribution in [0, 0.1) is 52.7 Å². The van der Waals surface area contributed by atoms with E-state index in [4.69, 9.17) is 5.11 Å². The summed E-state index contributed by atoms with van der Waals surface area (Å²) < 4.78 is 0. The number of aliphatic carboxylic acids is 1. The average Bonchev–Trinajstić information content (AvgIpc) is 2.48. The molecule has 0 aromatic rings. The molecule has 0 heterocycles. The summed E-state index contributed by atoms with van der Waals surface area (Å²) in [4.78, 5) is 10.3. The van der Waals surface area contributed by atoms with Gasteiger partial charge in [0, 0.05) is 47.3 Å². The molecule has 1 aliphatic rings. The quantitative estimate of drug-likeness (QED) is 0.866. The summed E-state index contributed by atoms with van der Waals surface area (Å²) in [5, 5.41) is 8.50. The van der Waals surface area contributed by atoms with Gasteiger partial charge in [-0.05, 0) is 24.7 Å². The van der Waals surface area contributed by atoms with Crippen LogP contribution in [0.1, 0.15) is 45.4 Å². The fourth-order valence-corrected chi connectivity index (χ4v) is 2.14. The third-order valence-corrected chi connectivity index (χ3v) is 2.99. The first-order valence-corrected chi connectivity index (χ1v) is 4.94. The van der Waals surface area contributed by atoms with Crippen LogP contribution < -0.4 is 0 Å². The van der Waals surface area contributed by atoms with E-state index < -0.39 is 5.97 Å². The van der Waals surface area contributed by atoms with Crippen LogP contribution in [0.15, 0.2) is 0 Å². The van der Waals surface area contributed by atoms with Crippen LogP contribution in [0.4, 0.5) is 0 Å². The van der Waals surface area contributed by atoms with Crippen molar-refractivity contribution in [1.29, 1.82) is 0 Å². The Morgan fingerprint density at radius 3 is 2.46 bits per heavy atom. The number of rotatable bonds is 4. The summed E-state index contributed by atoms with van der Waals surface area (Å²) in [5.74, 6) is 0.935. The second-order valence-electron chi connectivity index (χ2n) is 3.89. The standard InChI is InChI=1S/C10H18O2.Nd/c1-2-8-3-4-9(7-8)5-6-10(11)12;/h8-9H,2-7H2,1H3,(H,11,12);. The predicted molar refractivity (Wildman–Crippen MR) is 48.0 cm³/mol. The van der Waals surface area contributed by atoms with Gasteiger partial charge in [-0.15, -0.1) is 0 Å². The molecule has 2 unspecified atom stereocenters. The predicted octanol–water partition coefficient (Wildman–Crippen LogP) is 2.68. The zero-order valence-corrected chi connectivity index (χ0v) is 11.5. The van der Waals surface area contributed by atoms with Crippen LogP contribution in [0.5, 0.6) is 0 Å². The zero-order chi connectivity index (χ0) is 8.97. The number of carboxylic acid groups (broad SMARTS) is 1. The van der Waals surface area contributed by atoms with Crippen molar-refractivity contribution >= 4 is 5.97 Å². The van der Waals surface area contributed by atoms with Gasteiger partial charge in [0.15, 0.2) is 0 Å². The largest absolute Gasteiger partial charge is 0.481 e. The Balaban J connectivity index is 0.00000144. The molecule has 1 saturated carbocycles. The van der Waals surface area contributed by atoms with Gasteiger partial charge in [0.1, 0.15) is 0 Å².